The van der Waals surface area contributed by atoms with E-state index >= 15 is 0 Å². The van der Waals surface area contributed by atoms with Gasteiger partial charge in [0.25, 0.3) is 0 Å². The lowest BCUT2D eigenvalue weighted by atomic mass is 10.00. The maximum absolute atomic E-state index is 12.2. The first kappa shape index (κ1) is 12.1. The van der Waals surface area contributed by atoms with Crippen LogP contribution in [0.3, 0.4) is 0 Å². The van der Waals surface area contributed by atoms with E-state index in [2.05, 4.69) is 11.9 Å². The fourth-order valence-electron chi connectivity index (χ4n) is 3.01. The van der Waals surface area contributed by atoms with E-state index in [-0.39, 0.29) is 23.7 Å². The molecule has 1 aliphatic heterocycles. The van der Waals surface area contributed by atoms with Crippen molar-refractivity contribution in [1.29, 1.82) is 0 Å². The summed E-state index contributed by atoms with van der Waals surface area (Å²) in [4.78, 5) is 30.6. The second-order valence-corrected chi connectivity index (χ2v) is 6.83. The molecule has 0 radical (unpaired) electrons. The molecular weight excluding hydrogens is 272 g/mol. The van der Waals surface area contributed by atoms with Gasteiger partial charge in [0, 0.05) is 11.1 Å². The van der Waals surface area contributed by atoms with Gasteiger partial charge in [0.05, 0.1) is 18.4 Å². The second-order valence-electron chi connectivity index (χ2n) is 5.13. The van der Waals surface area contributed by atoms with Crippen LogP contribution < -0.4 is 0 Å². The molecule has 1 aliphatic carbocycles. The Morgan fingerprint density at radius 2 is 2.00 bits per heavy atom. The fraction of sp³-hybridized carbons (Fsp3) is 0.583. The zero-order valence-corrected chi connectivity index (χ0v) is 11.5. The SMILES string of the molecule is CC1CC2C(=O)N(Cc3cnc(Cl)s3)C(=O)C2C1. The Balaban J connectivity index is 1.79. The lowest BCUT2D eigenvalue weighted by molar-refractivity contribution is -0.141. The summed E-state index contributed by atoms with van der Waals surface area (Å²) >= 11 is 7.07. The Hall–Kier alpha value is -0.940. The van der Waals surface area contributed by atoms with E-state index < -0.39 is 0 Å². The number of hydrogen-bond acceptors (Lipinski definition) is 4. The predicted molar refractivity (Wildman–Crippen MR) is 68.1 cm³/mol. The Morgan fingerprint density at radius 1 is 1.39 bits per heavy atom. The molecule has 2 atom stereocenters. The van der Waals surface area contributed by atoms with Crippen LogP contribution in [0.5, 0.6) is 0 Å². The minimum atomic E-state index is -0.0871. The van der Waals surface area contributed by atoms with Crippen molar-refractivity contribution >= 4 is 34.8 Å². The van der Waals surface area contributed by atoms with E-state index in [4.69, 9.17) is 11.6 Å². The van der Waals surface area contributed by atoms with Gasteiger partial charge in [-0.1, -0.05) is 18.5 Å². The third kappa shape index (κ3) is 1.86. The Bertz CT molecular complexity index is 492. The molecule has 2 fully saturated rings. The van der Waals surface area contributed by atoms with E-state index in [1.807, 2.05) is 0 Å². The van der Waals surface area contributed by atoms with Gasteiger partial charge in [-0.25, -0.2) is 4.98 Å². The van der Waals surface area contributed by atoms with Crippen LogP contribution in [-0.2, 0) is 16.1 Å². The molecule has 1 aromatic rings. The number of fused-ring (bicyclic) bond motifs is 1. The molecule has 0 bridgehead atoms. The minimum absolute atomic E-state index is 0.0149. The molecule has 0 N–H and O–H groups in total. The molecule has 2 unspecified atom stereocenters. The van der Waals surface area contributed by atoms with Gasteiger partial charge >= 0.3 is 0 Å². The Labute approximate surface area is 114 Å². The number of carbonyl (C=O) groups is 2. The van der Waals surface area contributed by atoms with Crippen molar-refractivity contribution in [3.05, 3.63) is 15.5 Å². The highest BCUT2D eigenvalue weighted by molar-refractivity contribution is 7.15. The molecule has 18 heavy (non-hydrogen) atoms. The number of imide groups is 1. The highest BCUT2D eigenvalue weighted by Gasteiger charge is 2.51. The summed E-state index contributed by atoms with van der Waals surface area (Å²) in [6.07, 6.45) is 3.31. The van der Waals surface area contributed by atoms with Crippen molar-refractivity contribution in [3.8, 4) is 0 Å². The molecule has 6 heteroatoms. The van der Waals surface area contributed by atoms with Crippen molar-refractivity contribution in [2.75, 3.05) is 0 Å². The Morgan fingerprint density at radius 3 is 2.50 bits per heavy atom. The second kappa shape index (κ2) is 4.31. The van der Waals surface area contributed by atoms with Crippen molar-refractivity contribution in [2.24, 2.45) is 17.8 Å². The lowest BCUT2D eigenvalue weighted by Crippen LogP contribution is -2.31. The first-order valence-corrected chi connectivity index (χ1v) is 7.21. The van der Waals surface area contributed by atoms with Crippen molar-refractivity contribution in [1.82, 2.24) is 9.88 Å². The molecule has 1 aromatic heterocycles. The van der Waals surface area contributed by atoms with Crippen LogP contribution in [0.2, 0.25) is 4.47 Å². The molecule has 2 heterocycles. The van der Waals surface area contributed by atoms with Crippen LogP contribution in [0.15, 0.2) is 6.20 Å². The number of rotatable bonds is 2. The van der Waals surface area contributed by atoms with Crippen molar-refractivity contribution in [3.63, 3.8) is 0 Å². The summed E-state index contributed by atoms with van der Waals surface area (Å²) in [5.41, 5.74) is 0. The lowest BCUT2D eigenvalue weighted by Gasteiger charge is -2.15. The third-order valence-electron chi connectivity index (χ3n) is 3.80. The molecule has 3 rings (SSSR count). The van der Waals surface area contributed by atoms with Gasteiger partial charge in [-0.15, -0.1) is 11.3 Å². The van der Waals surface area contributed by atoms with E-state index in [9.17, 15) is 9.59 Å². The smallest absolute Gasteiger partial charge is 0.233 e. The highest BCUT2D eigenvalue weighted by atomic mass is 35.5. The number of likely N-dealkylation sites (tertiary alicyclic amines) is 1. The van der Waals surface area contributed by atoms with Gasteiger partial charge < -0.3 is 0 Å². The maximum atomic E-state index is 12.2. The van der Waals surface area contributed by atoms with Crippen LogP contribution in [0.1, 0.15) is 24.6 Å². The number of halogens is 1. The Kier molecular flexibility index (Phi) is 2.90. The van der Waals surface area contributed by atoms with Crippen molar-refractivity contribution in [2.45, 2.75) is 26.3 Å². The zero-order chi connectivity index (χ0) is 12.9. The maximum Gasteiger partial charge on any atom is 0.233 e. The number of thiazole rings is 1. The number of nitrogens with zero attached hydrogens (tertiary/aromatic N) is 2. The largest absolute Gasteiger partial charge is 0.277 e. The van der Waals surface area contributed by atoms with Crippen LogP contribution in [0.25, 0.3) is 0 Å². The summed E-state index contributed by atoms with van der Waals surface area (Å²) < 4.78 is 0.443. The summed E-state index contributed by atoms with van der Waals surface area (Å²) in [5.74, 6) is 0.275. The molecule has 0 spiro atoms. The van der Waals surface area contributed by atoms with E-state index in [1.54, 1.807) is 6.20 Å². The minimum Gasteiger partial charge on any atom is -0.277 e. The van der Waals surface area contributed by atoms with Gasteiger partial charge in [-0.3, -0.25) is 14.5 Å². The van der Waals surface area contributed by atoms with E-state index in [0.29, 0.717) is 16.9 Å². The number of hydrogen-bond donors (Lipinski definition) is 0. The standard InChI is InChI=1S/C12H13ClN2O2S/c1-6-2-8-9(3-6)11(17)15(10(8)16)5-7-4-14-12(13)18-7/h4,6,8-9H,2-3,5H2,1H3. The topological polar surface area (TPSA) is 50.3 Å². The monoisotopic (exact) mass is 284 g/mol. The fourth-order valence-corrected chi connectivity index (χ4v) is 3.98. The van der Waals surface area contributed by atoms with Crippen molar-refractivity contribution < 1.29 is 9.59 Å². The quantitative estimate of drug-likeness (QED) is 0.783. The van der Waals surface area contributed by atoms with Gasteiger partial charge in [-0.2, -0.15) is 0 Å². The first-order chi connectivity index (χ1) is 8.56. The molecule has 2 amide bonds. The molecule has 1 saturated heterocycles. The third-order valence-corrected chi connectivity index (χ3v) is 4.90. The molecular formula is C12H13ClN2O2S. The van der Waals surface area contributed by atoms with Crippen LogP contribution in [0, 0.1) is 17.8 Å². The summed E-state index contributed by atoms with van der Waals surface area (Å²) in [7, 11) is 0. The zero-order valence-electron chi connectivity index (χ0n) is 9.93. The normalized spacial score (nSPS) is 31.2. The summed E-state index contributed by atoms with van der Waals surface area (Å²) in [5, 5.41) is 0. The summed E-state index contributed by atoms with van der Waals surface area (Å²) in [6.45, 7) is 2.43. The molecule has 1 saturated carbocycles. The average molecular weight is 285 g/mol. The van der Waals surface area contributed by atoms with Crippen LogP contribution >= 0.6 is 22.9 Å². The predicted octanol–water partition coefficient (Wildman–Crippen LogP) is 2.33. The van der Waals surface area contributed by atoms with E-state index in [0.717, 1.165) is 17.7 Å². The molecule has 4 nitrogen and oxygen atoms in total. The van der Waals surface area contributed by atoms with Crippen LogP contribution in [-0.4, -0.2) is 21.7 Å². The molecule has 0 aromatic carbocycles. The molecule has 2 aliphatic rings. The van der Waals surface area contributed by atoms with Gasteiger partial charge in [-0.05, 0) is 18.8 Å². The first-order valence-electron chi connectivity index (χ1n) is 6.01. The van der Waals surface area contributed by atoms with Gasteiger partial charge in [0.2, 0.25) is 11.8 Å². The van der Waals surface area contributed by atoms with Gasteiger partial charge in [0.15, 0.2) is 4.47 Å². The average Bonchev–Trinajstić information content (AvgIpc) is 2.95. The number of aromatic nitrogens is 1. The van der Waals surface area contributed by atoms with Gasteiger partial charge in [0.1, 0.15) is 0 Å². The number of carbonyl (C=O) groups excluding carboxylic acids is 2. The molecule has 96 valence electrons. The highest BCUT2D eigenvalue weighted by Crippen LogP contribution is 2.43. The number of amides is 2. The van der Waals surface area contributed by atoms with E-state index in [1.165, 1.54) is 16.2 Å². The van der Waals surface area contributed by atoms with Crippen LogP contribution in [0.4, 0.5) is 0 Å². The summed E-state index contributed by atoms with van der Waals surface area (Å²) in [6, 6.07) is 0.